The lowest BCUT2D eigenvalue weighted by atomic mass is 9.76. The highest BCUT2D eigenvalue weighted by Gasteiger charge is 2.53. The number of benzene rings is 2. The molecule has 23 heavy (non-hydrogen) atoms. The van der Waals surface area contributed by atoms with E-state index < -0.39 is 39.9 Å². The summed E-state index contributed by atoms with van der Waals surface area (Å²) in [5.74, 6) is -4.57. The van der Waals surface area contributed by atoms with Crippen molar-refractivity contribution in [3.63, 3.8) is 0 Å². The molecule has 2 aliphatic carbocycles. The van der Waals surface area contributed by atoms with Crippen LogP contribution in [0.5, 0.6) is 23.0 Å². The fraction of sp³-hybridized carbons (Fsp3) is 0.0588. The number of phenolic OH excluding ortho intramolecular Hbond substituents is 4. The van der Waals surface area contributed by atoms with Crippen molar-refractivity contribution in [1.29, 1.82) is 0 Å². The van der Waals surface area contributed by atoms with Crippen LogP contribution in [0, 0.1) is 0 Å². The van der Waals surface area contributed by atoms with Crippen LogP contribution in [0.1, 0.15) is 22.3 Å². The van der Waals surface area contributed by atoms with Gasteiger partial charge in [-0.1, -0.05) is 36.4 Å². The molecule has 0 saturated carbocycles. The first-order valence-corrected chi connectivity index (χ1v) is 6.83. The maximum Gasteiger partial charge on any atom is 0.205 e. The minimum atomic E-state index is -1.43. The van der Waals surface area contributed by atoms with Crippen molar-refractivity contribution in [3.05, 3.63) is 58.4 Å². The molecule has 2 aliphatic rings. The number of phenols is 4. The summed E-state index contributed by atoms with van der Waals surface area (Å²) in [7, 11) is 0. The van der Waals surface area contributed by atoms with Crippen LogP contribution >= 0.6 is 0 Å². The van der Waals surface area contributed by atoms with Gasteiger partial charge in [-0.15, -0.1) is 0 Å². The third-order valence-corrected chi connectivity index (χ3v) is 4.52. The molecule has 6 N–H and O–H groups in total. The molecule has 0 aromatic heterocycles. The Morgan fingerprint density at radius 3 is 2.13 bits per heavy atom. The van der Waals surface area contributed by atoms with E-state index in [0.29, 0.717) is 5.56 Å². The smallest absolute Gasteiger partial charge is 0.205 e. The second kappa shape index (κ2) is 3.92. The van der Waals surface area contributed by atoms with Crippen LogP contribution in [0.3, 0.4) is 0 Å². The maximum absolute atomic E-state index is 10.5. The highest BCUT2D eigenvalue weighted by atomic mass is 16.3. The van der Waals surface area contributed by atoms with Gasteiger partial charge in [-0.2, -0.15) is 0 Å². The molecule has 1 unspecified atom stereocenters. The normalized spacial score (nSPS) is 21.0. The highest BCUT2D eigenvalue weighted by Crippen LogP contribution is 2.62. The number of allylic oxidation sites excluding steroid dienone is 1. The van der Waals surface area contributed by atoms with Crippen LogP contribution in [0.4, 0.5) is 0 Å². The summed E-state index contributed by atoms with van der Waals surface area (Å²) >= 11 is 0. The quantitative estimate of drug-likeness (QED) is 0.328. The van der Waals surface area contributed by atoms with Gasteiger partial charge in [0.25, 0.3) is 0 Å². The van der Waals surface area contributed by atoms with Crippen molar-refractivity contribution in [2.45, 2.75) is 5.41 Å². The summed E-state index contributed by atoms with van der Waals surface area (Å²) in [5, 5.41) is 60.7. The van der Waals surface area contributed by atoms with E-state index in [-0.39, 0.29) is 11.1 Å². The Labute approximate surface area is 130 Å². The molecule has 2 aromatic carbocycles. The van der Waals surface area contributed by atoms with Crippen LogP contribution in [0.15, 0.2) is 36.1 Å². The molecule has 6 heteroatoms. The lowest BCUT2D eigenvalue weighted by Gasteiger charge is -2.26. The molecule has 6 nitrogen and oxygen atoms in total. The van der Waals surface area contributed by atoms with Crippen LogP contribution in [-0.2, 0) is 5.41 Å². The predicted molar refractivity (Wildman–Crippen MR) is 81.5 cm³/mol. The Balaban J connectivity index is 2.19. The van der Waals surface area contributed by atoms with Gasteiger partial charge in [0, 0.05) is 5.56 Å². The van der Waals surface area contributed by atoms with E-state index >= 15 is 0 Å². The zero-order valence-corrected chi connectivity index (χ0v) is 11.6. The van der Waals surface area contributed by atoms with E-state index in [1.54, 1.807) is 36.4 Å². The topological polar surface area (TPSA) is 121 Å². The second-order valence-electron chi connectivity index (χ2n) is 5.57. The first-order chi connectivity index (χ1) is 10.9. The standard InChI is InChI=1S/C17H12O6/c18-11-9-10(13(20)15(22)14(11)21)17(16(23)12(9)19)6-5-7-3-1-2-4-8(7)17/h1-6,18-23H. The average Bonchev–Trinajstić information content (AvgIpc) is 3.04. The molecule has 0 radical (unpaired) electrons. The van der Waals surface area contributed by atoms with E-state index in [2.05, 4.69) is 0 Å². The van der Waals surface area contributed by atoms with E-state index in [1.807, 2.05) is 0 Å². The van der Waals surface area contributed by atoms with Crippen LogP contribution in [-0.4, -0.2) is 30.6 Å². The fourth-order valence-electron chi connectivity index (χ4n) is 3.47. The maximum atomic E-state index is 10.5. The zero-order chi connectivity index (χ0) is 16.5. The van der Waals surface area contributed by atoms with Crippen molar-refractivity contribution in [2.24, 2.45) is 0 Å². The number of aliphatic hydroxyl groups is 2. The summed E-state index contributed by atoms with van der Waals surface area (Å²) in [4.78, 5) is 0. The van der Waals surface area contributed by atoms with Gasteiger partial charge in [-0.05, 0) is 11.1 Å². The first-order valence-electron chi connectivity index (χ1n) is 6.83. The Kier molecular flexibility index (Phi) is 2.28. The van der Waals surface area contributed by atoms with Gasteiger partial charge < -0.3 is 30.6 Å². The fourth-order valence-corrected chi connectivity index (χ4v) is 3.47. The minimum Gasteiger partial charge on any atom is -0.507 e. The molecular weight excluding hydrogens is 300 g/mol. The van der Waals surface area contributed by atoms with E-state index in [0.717, 1.165) is 5.56 Å². The van der Waals surface area contributed by atoms with Crippen molar-refractivity contribution < 1.29 is 30.6 Å². The number of fused-ring (bicyclic) bond motifs is 4. The number of aliphatic hydroxyl groups excluding tert-OH is 2. The summed E-state index contributed by atoms with van der Waals surface area (Å²) < 4.78 is 0. The van der Waals surface area contributed by atoms with Gasteiger partial charge in [-0.3, -0.25) is 0 Å². The highest BCUT2D eigenvalue weighted by molar-refractivity contribution is 5.90. The van der Waals surface area contributed by atoms with Gasteiger partial charge in [0.05, 0.1) is 5.56 Å². The Bertz CT molecular complexity index is 941. The van der Waals surface area contributed by atoms with Crippen LogP contribution in [0.2, 0.25) is 0 Å². The molecule has 1 spiro atoms. The van der Waals surface area contributed by atoms with Crippen molar-refractivity contribution >= 4 is 11.8 Å². The number of hydrogen-bond donors (Lipinski definition) is 6. The molecule has 4 rings (SSSR count). The number of hydrogen-bond acceptors (Lipinski definition) is 6. The monoisotopic (exact) mass is 312 g/mol. The van der Waals surface area contributed by atoms with Gasteiger partial charge in [0.1, 0.15) is 5.41 Å². The van der Waals surface area contributed by atoms with Gasteiger partial charge in [0.2, 0.25) is 11.5 Å². The molecule has 0 amide bonds. The molecule has 1 atom stereocenters. The van der Waals surface area contributed by atoms with E-state index in [1.165, 1.54) is 0 Å². The summed E-state index contributed by atoms with van der Waals surface area (Å²) in [6, 6.07) is 7.02. The summed E-state index contributed by atoms with van der Waals surface area (Å²) in [6.45, 7) is 0. The zero-order valence-electron chi connectivity index (χ0n) is 11.6. The SMILES string of the molecule is OC1=C(O)C2(C=Cc3ccccc32)c2c(O)c(O)c(O)c(O)c21. The van der Waals surface area contributed by atoms with Gasteiger partial charge >= 0.3 is 0 Å². The molecule has 0 fully saturated rings. The minimum absolute atomic E-state index is 0.0819. The average molecular weight is 312 g/mol. The van der Waals surface area contributed by atoms with Crippen molar-refractivity contribution in [2.75, 3.05) is 0 Å². The van der Waals surface area contributed by atoms with Gasteiger partial charge in [0.15, 0.2) is 23.0 Å². The molecule has 0 saturated heterocycles. The van der Waals surface area contributed by atoms with Crippen LogP contribution < -0.4 is 0 Å². The second-order valence-corrected chi connectivity index (χ2v) is 5.57. The lowest BCUT2D eigenvalue weighted by Crippen LogP contribution is -2.24. The summed E-state index contributed by atoms with van der Waals surface area (Å²) in [6.07, 6.45) is 3.26. The van der Waals surface area contributed by atoms with Crippen molar-refractivity contribution in [1.82, 2.24) is 0 Å². The molecule has 2 aromatic rings. The third-order valence-electron chi connectivity index (χ3n) is 4.52. The largest absolute Gasteiger partial charge is 0.507 e. The molecule has 0 aliphatic heterocycles. The number of aromatic hydroxyl groups is 4. The molecule has 0 bridgehead atoms. The molecule has 116 valence electrons. The predicted octanol–water partition coefficient (Wildman–Crippen LogP) is 2.62. The van der Waals surface area contributed by atoms with Crippen LogP contribution in [0.25, 0.3) is 11.8 Å². The van der Waals surface area contributed by atoms with E-state index in [9.17, 15) is 30.6 Å². The Morgan fingerprint density at radius 2 is 1.39 bits per heavy atom. The lowest BCUT2D eigenvalue weighted by molar-refractivity contribution is 0.330. The first kappa shape index (κ1) is 13.4. The van der Waals surface area contributed by atoms with E-state index in [4.69, 9.17) is 0 Å². The molecular formula is C17H12O6. The Hall–Kier alpha value is -3.28. The Morgan fingerprint density at radius 1 is 0.739 bits per heavy atom. The number of rotatable bonds is 0. The summed E-state index contributed by atoms with van der Waals surface area (Å²) in [5.41, 5.74) is -0.491. The third kappa shape index (κ3) is 1.29. The van der Waals surface area contributed by atoms with Gasteiger partial charge in [-0.25, -0.2) is 0 Å². The molecule has 0 heterocycles. The van der Waals surface area contributed by atoms with Crippen molar-refractivity contribution in [3.8, 4) is 23.0 Å².